The number of amides is 2. The molecule has 1 aliphatic carbocycles. The molecule has 0 atom stereocenters. The Bertz CT molecular complexity index is 481. The average Bonchev–Trinajstić information content (AvgIpc) is 2.98. The summed E-state index contributed by atoms with van der Waals surface area (Å²) in [6.07, 6.45) is 4.89. The number of carbonyl (C=O) groups is 2. The summed E-state index contributed by atoms with van der Waals surface area (Å²) in [6, 6.07) is 6.37. The molecule has 0 heterocycles. The van der Waals surface area contributed by atoms with Crippen LogP contribution in [0.2, 0.25) is 0 Å². The second-order valence-electron chi connectivity index (χ2n) is 5.19. The molecule has 2 rings (SSSR count). The summed E-state index contributed by atoms with van der Waals surface area (Å²) in [5.74, 6) is 0.0281. The quantitative estimate of drug-likeness (QED) is 0.751. The highest BCUT2D eigenvalue weighted by atomic mass is 16.5. The maximum absolute atomic E-state index is 11.7. The van der Waals surface area contributed by atoms with Crippen LogP contribution < -0.4 is 15.4 Å². The van der Waals surface area contributed by atoms with E-state index in [1.54, 1.807) is 24.3 Å². The Morgan fingerprint density at radius 3 is 2.48 bits per heavy atom. The maximum atomic E-state index is 11.7. The van der Waals surface area contributed by atoms with Gasteiger partial charge in [-0.25, -0.2) is 9.59 Å². The molecule has 6 nitrogen and oxygen atoms in total. The van der Waals surface area contributed by atoms with Gasteiger partial charge in [0, 0.05) is 12.2 Å². The van der Waals surface area contributed by atoms with Gasteiger partial charge in [-0.15, -0.1) is 0 Å². The van der Waals surface area contributed by atoms with E-state index in [1.807, 2.05) is 0 Å². The second kappa shape index (κ2) is 7.52. The predicted octanol–water partition coefficient (Wildman–Crippen LogP) is 2.46. The number of hydrogen-bond acceptors (Lipinski definition) is 3. The highest BCUT2D eigenvalue weighted by Gasteiger charge is 2.15. The lowest BCUT2D eigenvalue weighted by atomic mass is 10.1. The predicted molar refractivity (Wildman–Crippen MR) is 78.6 cm³/mol. The van der Waals surface area contributed by atoms with Crippen LogP contribution in [0, 0.1) is 5.92 Å². The number of anilines is 1. The van der Waals surface area contributed by atoms with Crippen LogP contribution in [-0.2, 0) is 4.79 Å². The molecule has 6 heteroatoms. The third-order valence-corrected chi connectivity index (χ3v) is 3.50. The van der Waals surface area contributed by atoms with Crippen LogP contribution in [0.25, 0.3) is 0 Å². The van der Waals surface area contributed by atoms with E-state index in [1.165, 1.54) is 25.7 Å². The van der Waals surface area contributed by atoms with Gasteiger partial charge >= 0.3 is 12.0 Å². The van der Waals surface area contributed by atoms with Crippen molar-refractivity contribution in [3.63, 3.8) is 0 Å². The number of hydrogen-bond donors (Lipinski definition) is 3. The number of benzene rings is 1. The number of nitrogens with one attached hydrogen (secondary N) is 2. The zero-order valence-corrected chi connectivity index (χ0v) is 11.8. The average molecular weight is 292 g/mol. The zero-order valence-electron chi connectivity index (χ0n) is 11.8. The topological polar surface area (TPSA) is 87.7 Å². The SMILES string of the molecule is O=C(O)COc1ccc(NC(=O)NCC2CCCC2)cc1. The van der Waals surface area contributed by atoms with E-state index in [2.05, 4.69) is 10.6 Å². The molecule has 1 aliphatic rings. The van der Waals surface area contributed by atoms with Crippen LogP contribution in [0.1, 0.15) is 25.7 Å². The van der Waals surface area contributed by atoms with Crippen LogP contribution in [0.5, 0.6) is 5.75 Å². The summed E-state index contributed by atoms with van der Waals surface area (Å²) in [7, 11) is 0. The third kappa shape index (κ3) is 5.33. The largest absolute Gasteiger partial charge is 0.482 e. The summed E-state index contributed by atoms with van der Waals surface area (Å²) in [4.78, 5) is 22.1. The lowest BCUT2D eigenvalue weighted by Crippen LogP contribution is -2.32. The Morgan fingerprint density at radius 1 is 1.19 bits per heavy atom. The molecule has 21 heavy (non-hydrogen) atoms. The summed E-state index contributed by atoms with van der Waals surface area (Å²) >= 11 is 0. The van der Waals surface area contributed by atoms with Gasteiger partial charge in [0.25, 0.3) is 0 Å². The second-order valence-corrected chi connectivity index (χ2v) is 5.19. The number of rotatable bonds is 6. The van der Waals surface area contributed by atoms with Crippen molar-refractivity contribution in [3.05, 3.63) is 24.3 Å². The van der Waals surface area contributed by atoms with E-state index in [0.717, 1.165) is 0 Å². The fourth-order valence-corrected chi connectivity index (χ4v) is 2.41. The smallest absolute Gasteiger partial charge is 0.341 e. The first kappa shape index (κ1) is 15.2. The van der Waals surface area contributed by atoms with E-state index < -0.39 is 5.97 Å². The first-order chi connectivity index (χ1) is 10.1. The van der Waals surface area contributed by atoms with E-state index in [4.69, 9.17) is 9.84 Å². The number of carboxylic acids is 1. The number of carboxylic acid groups (broad SMARTS) is 1. The number of ether oxygens (including phenoxy) is 1. The van der Waals surface area contributed by atoms with Gasteiger partial charge in [0.15, 0.2) is 6.61 Å². The Morgan fingerprint density at radius 2 is 1.86 bits per heavy atom. The lowest BCUT2D eigenvalue weighted by molar-refractivity contribution is -0.139. The number of urea groups is 1. The van der Waals surface area contributed by atoms with Gasteiger partial charge in [0.05, 0.1) is 0 Å². The molecule has 0 aromatic heterocycles. The summed E-state index contributed by atoms with van der Waals surface area (Å²) in [5, 5.41) is 14.1. The Balaban J connectivity index is 1.73. The molecule has 1 saturated carbocycles. The van der Waals surface area contributed by atoms with Gasteiger partial charge in [-0.3, -0.25) is 0 Å². The number of carbonyl (C=O) groups excluding carboxylic acids is 1. The minimum absolute atomic E-state index is 0.221. The molecule has 2 amide bonds. The molecule has 0 spiro atoms. The van der Waals surface area contributed by atoms with Crippen molar-refractivity contribution >= 4 is 17.7 Å². The fourth-order valence-electron chi connectivity index (χ4n) is 2.41. The molecule has 1 aromatic rings. The molecular formula is C15H20N2O4. The number of aliphatic carboxylic acids is 1. The first-order valence-corrected chi connectivity index (χ1v) is 7.13. The molecule has 114 valence electrons. The summed E-state index contributed by atoms with van der Waals surface area (Å²) < 4.78 is 5.01. The van der Waals surface area contributed by atoms with Crippen LogP contribution in [-0.4, -0.2) is 30.3 Å². The molecule has 1 aromatic carbocycles. The standard InChI is InChI=1S/C15H20N2O4/c18-14(19)10-21-13-7-5-12(6-8-13)17-15(20)16-9-11-3-1-2-4-11/h5-8,11H,1-4,9-10H2,(H,18,19)(H2,16,17,20). The van der Waals surface area contributed by atoms with Gasteiger partial charge in [0.1, 0.15) is 5.75 Å². The molecule has 0 aliphatic heterocycles. The van der Waals surface area contributed by atoms with Gasteiger partial charge in [-0.05, 0) is 43.0 Å². The molecular weight excluding hydrogens is 272 g/mol. The van der Waals surface area contributed by atoms with Crippen molar-refractivity contribution in [2.45, 2.75) is 25.7 Å². The van der Waals surface area contributed by atoms with Gasteiger partial charge in [-0.1, -0.05) is 12.8 Å². The molecule has 1 fully saturated rings. The Labute approximate surface area is 123 Å². The fraction of sp³-hybridized carbons (Fsp3) is 0.467. The van der Waals surface area contributed by atoms with Crippen molar-refractivity contribution in [3.8, 4) is 5.75 Å². The normalized spacial score (nSPS) is 14.7. The molecule has 0 bridgehead atoms. The molecule has 0 saturated heterocycles. The first-order valence-electron chi connectivity index (χ1n) is 7.13. The van der Waals surface area contributed by atoms with E-state index in [9.17, 15) is 9.59 Å². The van der Waals surface area contributed by atoms with Crippen LogP contribution in [0.3, 0.4) is 0 Å². The minimum atomic E-state index is -1.02. The van der Waals surface area contributed by atoms with Crippen molar-refractivity contribution in [1.29, 1.82) is 0 Å². The van der Waals surface area contributed by atoms with Crippen LogP contribution in [0.4, 0.5) is 10.5 Å². The van der Waals surface area contributed by atoms with Crippen molar-refractivity contribution in [1.82, 2.24) is 5.32 Å². The van der Waals surface area contributed by atoms with Crippen LogP contribution >= 0.6 is 0 Å². The molecule has 3 N–H and O–H groups in total. The summed E-state index contributed by atoms with van der Waals surface area (Å²) in [5.41, 5.74) is 0.640. The van der Waals surface area contributed by atoms with E-state index >= 15 is 0 Å². The maximum Gasteiger partial charge on any atom is 0.341 e. The van der Waals surface area contributed by atoms with E-state index in [-0.39, 0.29) is 12.6 Å². The van der Waals surface area contributed by atoms with E-state index in [0.29, 0.717) is 23.9 Å². The van der Waals surface area contributed by atoms with Crippen molar-refractivity contribution in [2.75, 3.05) is 18.5 Å². The third-order valence-electron chi connectivity index (χ3n) is 3.50. The monoisotopic (exact) mass is 292 g/mol. The summed E-state index contributed by atoms with van der Waals surface area (Å²) in [6.45, 7) is 0.334. The Kier molecular flexibility index (Phi) is 5.43. The van der Waals surface area contributed by atoms with Crippen molar-refractivity contribution < 1.29 is 19.4 Å². The minimum Gasteiger partial charge on any atom is -0.482 e. The van der Waals surface area contributed by atoms with Crippen LogP contribution in [0.15, 0.2) is 24.3 Å². The van der Waals surface area contributed by atoms with Crippen molar-refractivity contribution in [2.24, 2.45) is 5.92 Å². The zero-order chi connectivity index (χ0) is 15.1. The molecule has 0 radical (unpaired) electrons. The van der Waals surface area contributed by atoms with Gasteiger partial charge < -0.3 is 20.5 Å². The highest BCUT2D eigenvalue weighted by Crippen LogP contribution is 2.23. The molecule has 0 unspecified atom stereocenters. The highest BCUT2D eigenvalue weighted by molar-refractivity contribution is 5.89. The Hall–Kier alpha value is -2.24. The van der Waals surface area contributed by atoms with Gasteiger partial charge in [-0.2, -0.15) is 0 Å². The lowest BCUT2D eigenvalue weighted by Gasteiger charge is -2.12. The van der Waals surface area contributed by atoms with Gasteiger partial charge in [0.2, 0.25) is 0 Å².